The van der Waals surface area contributed by atoms with Gasteiger partial charge < -0.3 is 45.0 Å². The van der Waals surface area contributed by atoms with Crippen LogP contribution in [0.3, 0.4) is 0 Å². The fourth-order valence-corrected chi connectivity index (χ4v) is 8.06. The molecule has 0 spiro atoms. The summed E-state index contributed by atoms with van der Waals surface area (Å²) < 4.78 is 33.5. The molecule has 4 unspecified atom stereocenters. The van der Waals surface area contributed by atoms with Gasteiger partial charge in [0.2, 0.25) is 0 Å². The van der Waals surface area contributed by atoms with Crippen LogP contribution >= 0.6 is 7.82 Å². The number of aliphatic hydroxyl groups is 6. The highest BCUT2D eigenvalue weighted by Gasteiger charge is 2.51. The van der Waals surface area contributed by atoms with Crippen LogP contribution in [0.4, 0.5) is 0 Å². The molecular formula is C51H87O14P. The molecule has 15 heteroatoms. The highest BCUT2D eigenvalue weighted by Crippen LogP contribution is 2.47. The highest BCUT2D eigenvalue weighted by molar-refractivity contribution is 7.47. The second-order valence-corrected chi connectivity index (χ2v) is 18.5. The number of phosphoric ester groups is 1. The first kappa shape index (κ1) is 61.3. The Morgan fingerprint density at radius 2 is 0.970 bits per heavy atom. The van der Waals surface area contributed by atoms with Crippen LogP contribution in [0.2, 0.25) is 0 Å². The van der Waals surface area contributed by atoms with E-state index < -0.39 is 75.7 Å². The first-order valence-corrected chi connectivity index (χ1v) is 26.3. The second kappa shape index (κ2) is 40.2. The molecule has 14 nitrogen and oxygen atoms in total. The van der Waals surface area contributed by atoms with Crippen LogP contribution in [0.25, 0.3) is 0 Å². The van der Waals surface area contributed by atoms with E-state index in [0.29, 0.717) is 25.7 Å². The smallest absolute Gasteiger partial charge is 0.462 e. The van der Waals surface area contributed by atoms with Crippen LogP contribution in [0.15, 0.2) is 72.9 Å². The van der Waals surface area contributed by atoms with Crippen LogP contribution in [0.1, 0.15) is 174 Å². The molecule has 0 aromatic rings. The maximum absolute atomic E-state index is 12.8. The zero-order valence-electron chi connectivity index (χ0n) is 40.1. The number of hydrogen-bond donors (Lipinski definition) is 7. The number of esters is 2. The largest absolute Gasteiger partial charge is 0.472 e. The summed E-state index contributed by atoms with van der Waals surface area (Å²) in [4.78, 5) is 35.8. The van der Waals surface area contributed by atoms with Gasteiger partial charge in [0.05, 0.1) is 12.7 Å². The predicted molar refractivity (Wildman–Crippen MR) is 259 cm³/mol. The molecule has 0 heterocycles. The summed E-state index contributed by atoms with van der Waals surface area (Å²) >= 11 is 0. The summed E-state index contributed by atoms with van der Waals surface area (Å²) in [6, 6.07) is 0. The molecule has 0 saturated heterocycles. The molecule has 1 rings (SSSR count). The third-order valence-corrected chi connectivity index (χ3v) is 12.1. The quantitative estimate of drug-likeness (QED) is 0.0131. The number of carbonyl (C=O) groups excluding carboxylic acids is 2. The Balaban J connectivity index is 2.47. The van der Waals surface area contributed by atoms with E-state index in [4.69, 9.17) is 18.5 Å². The van der Waals surface area contributed by atoms with Crippen molar-refractivity contribution >= 4 is 19.8 Å². The van der Waals surface area contributed by atoms with Gasteiger partial charge in [0.1, 0.15) is 43.2 Å². The topological polar surface area (TPSA) is 230 Å². The van der Waals surface area contributed by atoms with Crippen LogP contribution in [0.5, 0.6) is 0 Å². The van der Waals surface area contributed by atoms with E-state index in [2.05, 4.69) is 62.5 Å². The van der Waals surface area contributed by atoms with Crippen molar-refractivity contribution in [3.05, 3.63) is 72.9 Å². The van der Waals surface area contributed by atoms with Gasteiger partial charge in [0.15, 0.2) is 6.10 Å². The van der Waals surface area contributed by atoms with E-state index in [9.17, 15) is 49.7 Å². The molecule has 1 fully saturated rings. The van der Waals surface area contributed by atoms with Crippen LogP contribution in [-0.4, -0.2) is 110 Å². The molecule has 0 radical (unpaired) electrons. The lowest BCUT2D eigenvalue weighted by atomic mass is 9.85. The van der Waals surface area contributed by atoms with Gasteiger partial charge in [0, 0.05) is 12.8 Å². The maximum Gasteiger partial charge on any atom is 0.472 e. The van der Waals surface area contributed by atoms with Gasteiger partial charge in [-0.3, -0.25) is 18.6 Å². The fraction of sp³-hybridized carbons (Fsp3) is 0.725. The summed E-state index contributed by atoms with van der Waals surface area (Å²) in [5.41, 5.74) is 0. The Kier molecular flexibility index (Phi) is 37.3. The van der Waals surface area contributed by atoms with Crippen molar-refractivity contribution in [1.82, 2.24) is 0 Å². The summed E-state index contributed by atoms with van der Waals surface area (Å²) in [5, 5.41) is 60.0. The number of phosphoric acid groups is 1. The van der Waals surface area contributed by atoms with Gasteiger partial charge in [0.25, 0.3) is 0 Å². The minimum absolute atomic E-state index is 0.00197. The first-order valence-electron chi connectivity index (χ1n) is 24.8. The molecular weight excluding hydrogens is 868 g/mol. The van der Waals surface area contributed by atoms with E-state index in [0.717, 1.165) is 70.6 Å². The molecule has 1 saturated carbocycles. The zero-order chi connectivity index (χ0) is 48.7. The number of carbonyl (C=O) groups is 2. The first-order chi connectivity index (χ1) is 31.8. The second-order valence-electron chi connectivity index (χ2n) is 17.1. The molecule has 1 aliphatic rings. The average Bonchev–Trinajstić information content (AvgIpc) is 3.29. The van der Waals surface area contributed by atoms with Crippen LogP contribution in [-0.2, 0) is 32.7 Å². The maximum atomic E-state index is 12.8. The molecule has 0 aromatic carbocycles. The Labute approximate surface area is 396 Å². The molecule has 0 bridgehead atoms. The SMILES string of the molecule is CCCCC/C=C\C/C=C\CCCCCCCCCCCC(=O)OC[C@H](COP(=O)(O)OC1[C@H](O)[C@H](O)C(O)[C@H](O)[C@H]1O)OC(=O)CCC/C=C\C/C=C\C/C=C\C/C=C\CC(O)CCC. The number of rotatable bonds is 40. The van der Waals surface area contributed by atoms with Crippen molar-refractivity contribution in [2.45, 2.75) is 223 Å². The summed E-state index contributed by atoms with van der Waals surface area (Å²) in [7, 11) is -5.15. The average molecular weight is 955 g/mol. The third-order valence-electron chi connectivity index (χ3n) is 11.1. The molecule has 9 atom stereocenters. The summed E-state index contributed by atoms with van der Waals surface area (Å²) in [5.74, 6) is -1.19. The van der Waals surface area contributed by atoms with Gasteiger partial charge >= 0.3 is 19.8 Å². The van der Waals surface area contributed by atoms with Crippen molar-refractivity contribution in [3.63, 3.8) is 0 Å². The van der Waals surface area contributed by atoms with Gasteiger partial charge in [-0.15, -0.1) is 0 Å². The van der Waals surface area contributed by atoms with Crippen molar-refractivity contribution in [1.29, 1.82) is 0 Å². The molecule has 380 valence electrons. The lowest BCUT2D eigenvalue weighted by Gasteiger charge is -2.41. The monoisotopic (exact) mass is 955 g/mol. The summed E-state index contributed by atoms with van der Waals surface area (Å²) in [6.07, 6.45) is 34.4. The number of unbranched alkanes of at least 4 members (excludes halogenated alkanes) is 13. The van der Waals surface area contributed by atoms with Gasteiger partial charge in [-0.05, 0) is 83.5 Å². The minimum Gasteiger partial charge on any atom is -0.462 e. The van der Waals surface area contributed by atoms with Crippen molar-refractivity contribution in [2.24, 2.45) is 0 Å². The lowest BCUT2D eigenvalue weighted by Crippen LogP contribution is -2.64. The molecule has 1 aliphatic carbocycles. The zero-order valence-corrected chi connectivity index (χ0v) is 41.0. The number of aliphatic hydroxyl groups excluding tert-OH is 6. The van der Waals surface area contributed by atoms with Crippen molar-refractivity contribution < 1.29 is 68.2 Å². The number of ether oxygens (including phenoxy) is 2. The van der Waals surface area contributed by atoms with Crippen LogP contribution in [0, 0.1) is 0 Å². The van der Waals surface area contributed by atoms with E-state index in [1.807, 2.05) is 24.3 Å². The lowest BCUT2D eigenvalue weighted by molar-refractivity contribution is -0.220. The van der Waals surface area contributed by atoms with Crippen molar-refractivity contribution in [3.8, 4) is 0 Å². The van der Waals surface area contributed by atoms with E-state index >= 15 is 0 Å². The van der Waals surface area contributed by atoms with Crippen molar-refractivity contribution in [2.75, 3.05) is 13.2 Å². The minimum atomic E-state index is -5.15. The summed E-state index contributed by atoms with van der Waals surface area (Å²) in [6.45, 7) is 3.03. The van der Waals surface area contributed by atoms with Gasteiger partial charge in [-0.2, -0.15) is 0 Å². The Morgan fingerprint density at radius 3 is 1.50 bits per heavy atom. The van der Waals surface area contributed by atoms with Gasteiger partial charge in [-0.1, -0.05) is 151 Å². The fourth-order valence-electron chi connectivity index (χ4n) is 7.09. The van der Waals surface area contributed by atoms with Gasteiger partial charge in [-0.25, -0.2) is 4.57 Å². The third kappa shape index (κ3) is 32.1. The number of allylic oxidation sites excluding steroid dienone is 11. The highest BCUT2D eigenvalue weighted by atomic mass is 31.2. The van der Waals surface area contributed by atoms with Crippen LogP contribution < -0.4 is 0 Å². The van der Waals surface area contributed by atoms with E-state index in [1.165, 1.54) is 51.4 Å². The number of hydrogen-bond acceptors (Lipinski definition) is 13. The molecule has 66 heavy (non-hydrogen) atoms. The molecule has 0 amide bonds. The standard InChI is InChI=1S/C51H87O14P/c1-3-5-6-7-8-9-10-11-12-13-14-15-16-19-22-25-28-31-34-38-44(53)62-40-43(41-63-66(60,61)65-51-49(58)47(56)46(55)48(57)50(51)59)64-45(54)39-35-32-29-26-23-20-17-18-21-24-27-30-33-37-42(52)36-4-2/h8-9,11-12,17,20-21,24,26,29-30,33,42-43,46-52,55-59H,3-7,10,13-16,18-19,22-23,25,27-28,31-32,34-41H2,1-2H3,(H,60,61)/b9-8-,12-11-,20-17-,24-21-,29-26-,33-30-/t42?,43-,46?,47-,48+,49-,50-,51?/m1/s1. The predicted octanol–water partition coefficient (Wildman–Crippen LogP) is 9.25. The normalized spacial score (nSPS) is 22.4. The molecule has 0 aliphatic heterocycles. The molecule has 7 N–H and O–H groups in total. The Hall–Kier alpha value is -2.75. The Bertz CT molecular complexity index is 1450. The van der Waals surface area contributed by atoms with E-state index in [1.54, 1.807) is 0 Å². The van der Waals surface area contributed by atoms with E-state index in [-0.39, 0.29) is 18.9 Å². The molecule has 0 aromatic heterocycles. The Morgan fingerprint density at radius 1 is 0.530 bits per heavy atom.